The summed E-state index contributed by atoms with van der Waals surface area (Å²) in [5.41, 5.74) is 3.72. The van der Waals surface area contributed by atoms with Crippen molar-refractivity contribution in [2.24, 2.45) is 11.8 Å². The van der Waals surface area contributed by atoms with Crippen molar-refractivity contribution < 1.29 is 49.6 Å². The van der Waals surface area contributed by atoms with Gasteiger partial charge in [0, 0.05) is 56.1 Å². The zero-order valence-electron chi connectivity index (χ0n) is 33.6. The molecule has 0 radical (unpaired) electrons. The van der Waals surface area contributed by atoms with Gasteiger partial charge in [-0.15, -0.1) is 0 Å². The molecule has 0 aromatic heterocycles. The molecule has 8 bridgehead atoms. The van der Waals surface area contributed by atoms with E-state index in [9.17, 15) is 30.6 Å². The maximum absolute atomic E-state index is 13.3. The van der Waals surface area contributed by atoms with Gasteiger partial charge in [-0.1, -0.05) is 69.2 Å². The van der Waals surface area contributed by atoms with E-state index in [1.807, 2.05) is 50.6 Å². The SMILES string of the molecule is COc1c(O)c(OCCC(C)C)cc(C23CCC4SSC5CC6CC=C5CSSCC5(CO)c7c(c(OCCO)cc(c7C4C2O)O3)-c2ccc(O)cc2C5CC6)c1O. The van der Waals surface area contributed by atoms with E-state index in [4.69, 9.17) is 18.9 Å². The summed E-state index contributed by atoms with van der Waals surface area (Å²) in [6.45, 7) is 4.10. The maximum Gasteiger partial charge on any atom is 0.207 e. The third-order valence-electron chi connectivity index (χ3n) is 13.7. The molecule has 10 nitrogen and oxygen atoms in total. The van der Waals surface area contributed by atoms with Crippen molar-refractivity contribution in [1.29, 1.82) is 0 Å². The number of phenolic OH excluding ortho intramolecular Hbond substituents is 3. The Bertz CT molecular complexity index is 2130. The van der Waals surface area contributed by atoms with Crippen LogP contribution in [-0.4, -0.2) is 92.3 Å². The van der Waals surface area contributed by atoms with E-state index < -0.39 is 23.0 Å². The molecular weight excluding hydrogens is 829 g/mol. The molecule has 3 aromatic carbocycles. The highest BCUT2D eigenvalue weighted by molar-refractivity contribution is 8.77. The van der Waals surface area contributed by atoms with Crippen LogP contribution in [0.1, 0.15) is 92.9 Å². The summed E-state index contributed by atoms with van der Waals surface area (Å²) in [7, 11) is 8.72. The molecule has 5 aliphatic heterocycles. The van der Waals surface area contributed by atoms with Gasteiger partial charge in [0.2, 0.25) is 11.5 Å². The Balaban J connectivity index is 1.34. The first-order chi connectivity index (χ1) is 28.5. The standard InChI is InChI=1S/C45H54O10S4/c1-23(2)11-14-53-33-18-30(40(49)42(52-3)41(33)50)45-12-10-34-38(43(45)51)37-32(55-45)19-31(54-15-13-46)36-27-8-7-26(48)17-28(27)29-9-5-24-4-6-25(35(16-24)59-58-34)20-56-57-22-44(29,21-47)39(36)37/h6-8,17-19,23-24,29,34-35,38,43,46-51H,4-5,9-16,20-22H2,1-3H3. The second-order valence-corrected chi connectivity index (χ2v) is 22.5. The minimum Gasteiger partial charge on any atom is -0.508 e. The molecule has 11 rings (SSSR count). The summed E-state index contributed by atoms with van der Waals surface area (Å²) in [6, 6.07) is 8.96. The van der Waals surface area contributed by atoms with Gasteiger partial charge >= 0.3 is 0 Å². The molecule has 0 spiro atoms. The summed E-state index contributed by atoms with van der Waals surface area (Å²) in [4.78, 5) is 0. The number of ether oxygens (including phenoxy) is 4. The van der Waals surface area contributed by atoms with E-state index in [2.05, 4.69) is 19.9 Å². The van der Waals surface area contributed by atoms with Crippen molar-refractivity contribution >= 4 is 43.2 Å². The molecule has 59 heavy (non-hydrogen) atoms. The van der Waals surface area contributed by atoms with Gasteiger partial charge in [-0.3, -0.25) is 0 Å². The van der Waals surface area contributed by atoms with Crippen LogP contribution in [0.2, 0.25) is 0 Å². The van der Waals surface area contributed by atoms with Gasteiger partial charge in [0.05, 0.1) is 26.9 Å². The minimum atomic E-state index is -1.49. The zero-order valence-corrected chi connectivity index (χ0v) is 36.9. The Labute approximate surface area is 361 Å². The van der Waals surface area contributed by atoms with E-state index >= 15 is 0 Å². The van der Waals surface area contributed by atoms with Crippen molar-refractivity contribution in [2.45, 2.75) is 98.2 Å². The number of hydrogen-bond donors (Lipinski definition) is 6. The van der Waals surface area contributed by atoms with Gasteiger partial charge in [-0.25, -0.2) is 0 Å². The quantitative estimate of drug-likeness (QED) is 0.0848. The molecule has 318 valence electrons. The third-order valence-corrected chi connectivity index (χ3v) is 19.5. The highest BCUT2D eigenvalue weighted by atomic mass is 33.1. The van der Waals surface area contributed by atoms with Crippen LogP contribution in [0.25, 0.3) is 11.1 Å². The fourth-order valence-corrected chi connectivity index (χ4v) is 17.3. The second-order valence-electron chi connectivity index (χ2n) is 17.4. The summed E-state index contributed by atoms with van der Waals surface area (Å²) in [5.74, 6) is 2.00. The smallest absolute Gasteiger partial charge is 0.207 e. The Morgan fingerprint density at radius 1 is 0.949 bits per heavy atom. The average Bonchev–Trinajstić information content (AvgIpc) is 3.22. The number of benzene rings is 3. The normalized spacial score (nSPS) is 30.5. The van der Waals surface area contributed by atoms with Crippen LogP contribution in [0.15, 0.2) is 42.0 Å². The molecule has 2 fully saturated rings. The van der Waals surface area contributed by atoms with Gasteiger partial charge in [-0.05, 0) is 103 Å². The van der Waals surface area contributed by atoms with Crippen molar-refractivity contribution in [1.82, 2.24) is 0 Å². The lowest BCUT2D eigenvalue weighted by Gasteiger charge is -2.55. The monoisotopic (exact) mass is 882 g/mol. The molecule has 6 N–H and O–H groups in total. The predicted molar refractivity (Wildman–Crippen MR) is 237 cm³/mol. The molecule has 8 unspecified atom stereocenters. The van der Waals surface area contributed by atoms with Gasteiger partial charge in [-0.2, -0.15) is 0 Å². The van der Waals surface area contributed by atoms with Crippen LogP contribution >= 0.6 is 43.2 Å². The van der Waals surface area contributed by atoms with E-state index in [-0.39, 0.29) is 65.3 Å². The number of aliphatic hydroxyl groups excluding tert-OH is 3. The van der Waals surface area contributed by atoms with E-state index in [1.165, 1.54) is 12.7 Å². The van der Waals surface area contributed by atoms with Crippen molar-refractivity contribution in [2.75, 3.05) is 45.0 Å². The molecule has 8 atom stereocenters. The number of methoxy groups -OCH3 is 1. The first-order valence-corrected chi connectivity index (χ1v) is 25.6. The fourth-order valence-electron chi connectivity index (χ4n) is 10.7. The van der Waals surface area contributed by atoms with Crippen molar-refractivity contribution in [3.05, 3.63) is 64.2 Å². The number of allylic oxidation sites excluding steroid dienone is 1. The number of aliphatic hydroxyl groups is 3. The van der Waals surface area contributed by atoms with Gasteiger partial charge in [0.25, 0.3) is 0 Å². The number of hydrogen-bond acceptors (Lipinski definition) is 14. The molecule has 0 amide bonds. The van der Waals surface area contributed by atoms with E-state index in [0.29, 0.717) is 53.8 Å². The number of fused-ring (bicyclic) bond motifs is 5. The van der Waals surface area contributed by atoms with Crippen LogP contribution in [0, 0.1) is 11.8 Å². The van der Waals surface area contributed by atoms with Crippen molar-refractivity contribution in [3.8, 4) is 51.4 Å². The van der Waals surface area contributed by atoms with Gasteiger partial charge in [0.1, 0.15) is 30.0 Å². The Morgan fingerprint density at radius 3 is 2.56 bits per heavy atom. The van der Waals surface area contributed by atoms with Crippen LogP contribution in [0.4, 0.5) is 0 Å². The maximum atomic E-state index is 13.3. The molecule has 1 saturated heterocycles. The molecule has 1 saturated carbocycles. The third kappa shape index (κ3) is 6.86. The fraction of sp³-hybridized carbons (Fsp3) is 0.556. The number of aromatic hydroxyl groups is 3. The molecule has 5 heterocycles. The Kier molecular flexibility index (Phi) is 11.7. The van der Waals surface area contributed by atoms with Crippen LogP contribution in [-0.2, 0) is 11.0 Å². The first-order valence-electron chi connectivity index (χ1n) is 20.8. The lowest BCUT2D eigenvalue weighted by molar-refractivity contribution is -0.112. The molecular formula is C45H54O10S4. The summed E-state index contributed by atoms with van der Waals surface area (Å²) in [5, 5.41) is 70.2. The summed E-state index contributed by atoms with van der Waals surface area (Å²) in [6.07, 6.45) is 6.83. The largest absolute Gasteiger partial charge is 0.508 e. The second kappa shape index (κ2) is 16.5. The predicted octanol–water partition coefficient (Wildman–Crippen LogP) is 8.77. The topological polar surface area (TPSA) is 158 Å². The number of rotatable bonds is 10. The lowest BCUT2D eigenvalue weighted by atomic mass is 9.56. The Hall–Kier alpha value is -2.72. The van der Waals surface area contributed by atoms with Crippen LogP contribution < -0.4 is 18.9 Å². The van der Waals surface area contributed by atoms with Crippen LogP contribution in [0.5, 0.6) is 40.2 Å². The lowest BCUT2D eigenvalue weighted by Crippen LogP contribution is -2.57. The zero-order chi connectivity index (χ0) is 41.2. The summed E-state index contributed by atoms with van der Waals surface area (Å²) >= 11 is 0. The molecule has 14 heteroatoms. The van der Waals surface area contributed by atoms with E-state index in [1.54, 1.807) is 22.9 Å². The first kappa shape index (κ1) is 41.6. The number of phenols is 3. The molecule has 8 aliphatic rings. The van der Waals surface area contributed by atoms with Gasteiger partial charge < -0.3 is 49.6 Å². The van der Waals surface area contributed by atoms with E-state index in [0.717, 1.165) is 65.7 Å². The van der Waals surface area contributed by atoms with Crippen LogP contribution in [0.3, 0.4) is 0 Å². The molecule has 3 aromatic rings. The van der Waals surface area contributed by atoms with Gasteiger partial charge in [0.15, 0.2) is 17.1 Å². The summed E-state index contributed by atoms with van der Waals surface area (Å²) < 4.78 is 25.5. The highest BCUT2D eigenvalue weighted by Gasteiger charge is 2.61. The average molecular weight is 883 g/mol. The minimum absolute atomic E-state index is 0.0102. The molecule has 3 aliphatic carbocycles. The highest BCUT2D eigenvalue weighted by Crippen LogP contribution is 2.68. The Morgan fingerprint density at radius 2 is 1.78 bits per heavy atom. The van der Waals surface area contributed by atoms with Crippen molar-refractivity contribution in [3.63, 3.8) is 0 Å².